The molecule has 0 aliphatic heterocycles. The number of alkyl halides is 2. The van der Waals surface area contributed by atoms with Crippen molar-refractivity contribution in [2.45, 2.75) is 13.5 Å². The molecular weight excluding hydrogens is 320 g/mol. The summed E-state index contributed by atoms with van der Waals surface area (Å²) in [6, 6.07) is 4.80. The molecule has 2 heterocycles. The van der Waals surface area contributed by atoms with Gasteiger partial charge in [-0.15, -0.1) is 0 Å². The van der Waals surface area contributed by atoms with Crippen molar-refractivity contribution < 1.29 is 13.5 Å². The molecule has 0 radical (unpaired) electrons. The van der Waals surface area contributed by atoms with Gasteiger partial charge in [-0.25, -0.2) is 9.97 Å². The molecule has 0 fully saturated rings. The van der Waals surface area contributed by atoms with E-state index in [4.69, 9.17) is 0 Å². The highest BCUT2D eigenvalue weighted by atomic mass is 79.9. The third-order valence-corrected chi connectivity index (χ3v) is 3.10. The maximum absolute atomic E-state index is 12.0. The molecular formula is C12H10BrF2N3O. The van der Waals surface area contributed by atoms with E-state index in [1.165, 1.54) is 12.3 Å². The molecule has 0 saturated carbocycles. The molecule has 4 nitrogen and oxygen atoms in total. The standard InChI is InChI=1S/C12H10BrF2N3O/c1-7-4-10(16-6-9(7)13)18-8-2-3-11(17-5-8)19-12(14)15/h2-6,12H,1H3,(H,16,18). The van der Waals surface area contributed by atoms with Crippen LogP contribution in [0.3, 0.4) is 0 Å². The first-order valence-electron chi connectivity index (χ1n) is 5.34. The van der Waals surface area contributed by atoms with E-state index in [9.17, 15) is 8.78 Å². The van der Waals surface area contributed by atoms with E-state index in [0.29, 0.717) is 11.5 Å². The molecule has 2 aromatic heterocycles. The Labute approximate surface area is 117 Å². The molecule has 0 atom stereocenters. The molecule has 0 unspecified atom stereocenters. The van der Waals surface area contributed by atoms with Crippen LogP contribution in [0.25, 0.3) is 0 Å². The highest BCUT2D eigenvalue weighted by Crippen LogP contribution is 2.21. The van der Waals surface area contributed by atoms with Crippen LogP contribution >= 0.6 is 15.9 Å². The molecule has 19 heavy (non-hydrogen) atoms. The lowest BCUT2D eigenvalue weighted by molar-refractivity contribution is -0.0528. The zero-order valence-corrected chi connectivity index (χ0v) is 11.5. The molecule has 2 rings (SSSR count). The highest BCUT2D eigenvalue weighted by Gasteiger charge is 2.05. The fraction of sp³-hybridized carbons (Fsp3) is 0.167. The van der Waals surface area contributed by atoms with Gasteiger partial charge in [-0.1, -0.05) is 0 Å². The van der Waals surface area contributed by atoms with Gasteiger partial charge in [0, 0.05) is 16.7 Å². The largest absolute Gasteiger partial charge is 0.417 e. The number of rotatable bonds is 4. The van der Waals surface area contributed by atoms with Crippen LogP contribution in [0.15, 0.2) is 35.1 Å². The fourth-order valence-electron chi connectivity index (χ4n) is 1.37. The summed E-state index contributed by atoms with van der Waals surface area (Å²) < 4.78 is 29.0. The second-order valence-electron chi connectivity index (χ2n) is 3.71. The number of nitrogens with zero attached hydrogens (tertiary/aromatic N) is 2. The number of pyridine rings is 2. The number of halogens is 3. The quantitative estimate of drug-likeness (QED) is 0.924. The van der Waals surface area contributed by atoms with Crippen LogP contribution in [0.4, 0.5) is 20.3 Å². The van der Waals surface area contributed by atoms with Gasteiger partial charge in [0.15, 0.2) is 0 Å². The Morgan fingerprint density at radius 1 is 1.26 bits per heavy atom. The van der Waals surface area contributed by atoms with Gasteiger partial charge in [-0.05, 0) is 40.5 Å². The van der Waals surface area contributed by atoms with Gasteiger partial charge >= 0.3 is 6.61 Å². The average molecular weight is 330 g/mol. The number of aryl methyl sites for hydroxylation is 1. The van der Waals surface area contributed by atoms with E-state index in [1.54, 1.807) is 12.3 Å². The molecule has 0 aromatic carbocycles. The Kier molecular flexibility index (Phi) is 4.26. The van der Waals surface area contributed by atoms with Crippen LogP contribution in [0.1, 0.15) is 5.56 Å². The minimum absolute atomic E-state index is 0.125. The maximum atomic E-state index is 12.0. The minimum Gasteiger partial charge on any atom is -0.417 e. The molecule has 0 bridgehead atoms. The maximum Gasteiger partial charge on any atom is 0.388 e. The summed E-state index contributed by atoms with van der Waals surface area (Å²) in [6.07, 6.45) is 3.08. The van der Waals surface area contributed by atoms with Gasteiger partial charge in [-0.2, -0.15) is 8.78 Å². The van der Waals surface area contributed by atoms with Crippen molar-refractivity contribution in [1.82, 2.24) is 9.97 Å². The smallest absolute Gasteiger partial charge is 0.388 e. The van der Waals surface area contributed by atoms with Gasteiger partial charge in [0.05, 0.1) is 11.9 Å². The Bertz CT molecular complexity index is 563. The Balaban J connectivity index is 2.08. The lowest BCUT2D eigenvalue weighted by atomic mass is 10.3. The van der Waals surface area contributed by atoms with Crippen LogP contribution in [-0.4, -0.2) is 16.6 Å². The molecule has 1 N–H and O–H groups in total. The molecule has 0 spiro atoms. The molecule has 0 saturated heterocycles. The third kappa shape index (κ3) is 3.85. The van der Waals surface area contributed by atoms with Gasteiger partial charge in [0.2, 0.25) is 5.88 Å². The summed E-state index contributed by atoms with van der Waals surface area (Å²) >= 11 is 3.36. The topological polar surface area (TPSA) is 47.0 Å². The Hall–Kier alpha value is -1.76. The Morgan fingerprint density at radius 3 is 2.63 bits per heavy atom. The lowest BCUT2D eigenvalue weighted by Crippen LogP contribution is -2.03. The molecule has 0 amide bonds. The molecule has 0 aliphatic carbocycles. The molecule has 0 aliphatic rings. The van der Waals surface area contributed by atoms with E-state index < -0.39 is 6.61 Å². The molecule has 100 valence electrons. The first-order valence-corrected chi connectivity index (χ1v) is 6.14. The molecule has 7 heteroatoms. The summed E-state index contributed by atoms with van der Waals surface area (Å²) in [4.78, 5) is 7.92. The second kappa shape index (κ2) is 5.92. The van der Waals surface area contributed by atoms with Gasteiger partial charge in [0.1, 0.15) is 5.82 Å². The normalized spacial score (nSPS) is 10.6. The van der Waals surface area contributed by atoms with Crippen molar-refractivity contribution in [2.75, 3.05) is 5.32 Å². The third-order valence-electron chi connectivity index (χ3n) is 2.27. The molecule has 2 aromatic rings. The summed E-state index contributed by atoms with van der Waals surface area (Å²) in [5.74, 6) is 0.519. The lowest BCUT2D eigenvalue weighted by Gasteiger charge is -2.08. The predicted molar refractivity (Wildman–Crippen MR) is 70.8 cm³/mol. The summed E-state index contributed by atoms with van der Waals surface area (Å²) in [7, 11) is 0. The van der Waals surface area contributed by atoms with Crippen LogP contribution in [-0.2, 0) is 0 Å². The van der Waals surface area contributed by atoms with E-state index in [2.05, 4.69) is 36.0 Å². The van der Waals surface area contributed by atoms with Crippen molar-refractivity contribution >= 4 is 27.4 Å². The number of hydrogen-bond acceptors (Lipinski definition) is 4. The van der Waals surface area contributed by atoms with Crippen LogP contribution in [0.5, 0.6) is 5.88 Å². The Morgan fingerprint density at radius 2 is 2.05 bits per heavy atom. The van der Waals surface area contributed by atoms with Crippen LogP contribution in [0, 0.1) is 6.92 Å². The van der Waals surface area contributed by atoms with Gasteiger partial charge in [-0.3, -0.25) is 0 Å². The highest BCUT2D eigenvalue weighted by molar-refractivity contribution is 9.10. The van der Waals surface area contributed by atoms with Crippen LogP contribution in [0.2, 0.25) is 0 Å². The first kappa shape index (κ1) is 13.7. The number of ether oxygens (including phenoxy) is 1. The van der Waals surface area contributed by atoms with E-state index in [1.807, 2.05) is 13.0 Å². The average Bonchev–Trinajstić information content (AvgIpc) is 2.36. The SMILES string of the molecule is Cc1cc(Nc2ccc(OC(F)F)nc2)ncc1Br. The van der Waals surface area contributed by atoms with Gasteiger partial charge < -0.3 is 10.1 Å². The number of anilines is 2. The van der Waals surface area contributed by atoms with Crippen LogP contribution < -0.4 is 10.1 Å². The summed E-state index contributed by atoms with van der Waals surface area (Å²) in [5.41, 5.74) is 1.67. The zero-order valence-electron chi connectivity index (χ0n) is 9.90. The number of hydrogen-bond donors (Lipinski definition) is 1. The number of aromatic nitrogens is 2. The minimum atomic E-state index is -2.87. The predicted octanol–water partition coefficient (Wildman–Crippen LogP) is 3.89. The van der Waals surface area contributed by atoms with Crippen molar-refractivity contribution in [2.24, 2.45) is 0 Å². The van der Waals surface area contributed by atoms with E-state index in [-0.39, 0.29) is 5.88 Å². The fourth-order valence-corrected chi connectivity index (χ4v) is 1.59. The van der Waals surface area contributed by atoms with Crippen molar-refractivity contribution in [1.29, 1.82) is 0 Å². The van der Waals surface area contributed by atoms with Crippen molar-refractivity contribution in [3.05, 3.63) is 40.6 Å². The summed E-state index contributed by atoms with van der Waals surface area (Å²) in [6.45, 7) is -0.934. The monoisotopic (exact) mass is 329 g/mol. The van der Waals surface area contributed by atoms with Crippen molar-refractivity contribution in [3.63, 3.8) is 0 Å². The van der Waals surface area contributed by atoms with E-state index in [0.717, 1.165) is 10.0 Å². The second-order valence-corrected chi connectivity index (χ2v) is 4.56. The summed E-state index contributed by atoms with van der Waals surface area (Å²) in [5, 5.41) is 3.01. The zero-order chi connectivity index (χ0) is 13.8. The van der Waals surface area contributed by atoms with E-state index >= 15 is 0 Å². The van der Waals surface area contributed by atoms with Crippen molar-refractivity contribution in [3.8, 4) is 5.88 Å². The van der Waals surface area contributed by atoms with Gasteiger partial charge in [0.25, 0.3) is 0 Å². The number of nitrogens with one attached hydrogen (secondary N) is 1. The first-order chi connectivity index (χ1) is 9.04.